The van der Waals surface area contributed by atoms with Crippen LogP contribution < -0.4 is 5.32 Å². The first-order chi connectivity index (χ1) is 19.7. The molecule has 3 heterocycles. The molecule has 0 saturated heterocycles. The van der Waals surface area contributed by atoms with Gasteiger partial charge in [-0.15, -0.1) is 10.2 Å². The Morgan fingerprint density at radius 1 is 1.17 bits per heavy atom. The number of azo groups is 1. The van der Waals surface area contributed by atoms with E-state index in [0.717, 1.165) is 36.6 Å². The summed E-state index contributed by atoms with van der Waals surface area (Å²) in [5, 5.41) is 49.1. The Hall–Kier alpha value is -5.32. The average Bonchev–Trinajstić information content (AvgIpc) is 3.57. The number of carbonyl (C=O) groups excluding carboxylic acids is 1. The number of H-pyrrole nitrogens is 1. The Labute approximate surface area is 232 Å². The molecule has 0 bridgehead atoms. The normalized spacial score (nSPS) is 17.9. The van der Waals surface area contributed by atoms with Gasteiger partial charge in [0.2, 0.25) is 0 Å². The smallest absolute Gasteiger partial charge is 0.326 e. The molecular weight excluding hydrogens is 532 g/mol. The maximum Gasteiger partial charge on any atom is 0.326 e. The van der Waals surface area contributed by atoms with Crippen molar-refractivity contribution in [3.05, 3.63) is 42.2 Å². The molecular formula is C27H26N8O6. The number of aliphatic carboxylic acids is 2. The predicted octanol–water partition coefficient (Wildman–Crippen LogP) is 4.34. The highest BCUT2D eigenvalue weighted by molar-refractivity contribution is 6.02. The first-order valence-corrected chi connectivity index (χ1v) is 13.0. The Bertz CT molecular complexity index is 1710. The number of carboxylic acids is 2. The Morgan fingerprint density at radius 3 is 2.66 bits per heavy atom. The zero-order valence-electron chi connectivity index (χ0n) is 21.7. The van der Waals surface area contributed by atoms with E-state index in [-0.39, 0.29) is 17.3 Å². The number of amides is 1. The first kappa shape index (κ1) is 27.3. The number of aromatic amines is 1. The summed E-state index contributed by atoms with van der Waals surface area (Å²) in [4.78, 5) is 47.2. The summed E-state index contributed by atoms with van der Waals surface area (Å²) < 4.78 is 2.04. The molecule has 0 unspecified atom stereocenters. The van der Waals surface area contributed by atoms with E-state index in [1.165, 1.54) is 18.2 Å². The summed E-state index contributed by atoms with van der Waals surface area (Å²) in [6.45, 7) is 0. The molecule has 14 nitrogen and oxygen atoms in total. The van der Waals surface area contributed by atoms with Gasteiger partial charge in [0.15, 0.2) is 0 Å². The van der Waals surface area contributed by atoms with E-state index in [0.29, 0.717) is 29.5 Å². The zero-order valence-corrected chi connectivity index (χ0v) is 21.7. The highest BCUT2D eigenvalue weighted by Crippen LogP contribution is 2.40. The number of imidazole rings is 1. The van der Waals surface area contributed by atoms with Gasteiger partial charge >= 0.3 is 11.9 Å². The van der Waals surface area contributed by atoms with E-state index in [9.17, 15) is 24.6 Å². The molecule has 3 aromatic heterocycles. The monoisotopic (exact) mass is 558 g/mol. The van der Waals surface area contributed by atoms with Crippen molar-refractivity contribution in [2.45, 2.75) is 50.6 Å². The molecule has 14 heteroatoms. The fraction of sp³-hybridized carbons (Fsp3) is 0.333. The van der Waals surface area contributed by atoms with Crippen LogP contribution in [0.25, 0.3) is 22.1 Å². The molecule has 0 spiro atoms. The van der Waals surface area contributed by atoms with E-state index < -0.39 is 36.1 Å². The fourth-order valence-corrected chi connectivity index (χ4v) is 5.21. The lowest BCUT2D eigenvalue weighted by atomic mass is 9.84. The van der Waals surface area contributed by atoms with E-state index in [2.05, 4.69) is 36.6 Å². The molecule has 1 fully saturated rings. The number of carbonyl (C=O) groups is 3. The second-order valence-corrected chi connectivity index (χ2v) is 9.91. The van der Waals surface area contributed by atoms with Crippen LogP contribution in [-0.2, 0) is 9.59 Å². The number of hydrogen-bond acceptors (Lipinski definition) is 9. The van der Waals surface area contributed by atoms with Crippen LogP contribution in [-0.4, -0.2) is 58.7 Å². The third kappa shape index (κ3) is 5.69. The highest BCUT2D eigenvalue weighted by atomic mass is 16.4. The molecule has 210 valence electrons. The Kier molecular flexibility index (Phi) is 7.59. The molecule has 41 heavy (non-hydrogen) atoms. The van der Waals surface area contributed by atoms with Crippen molar-refractivity contribution in [3.8, 4) is 11.8 Å². The van der Waals surface area contributed by atoms with Gasteiger partial charge in [-0.05, 0) is 55.9 Å². The van der Waals surface area contributed by atoms with Crippen molar-refractivity contribution in [3.63, 3.8) is 0 Å². The number of phenolic OH excluding ortho intramolecular Hbond substituents is 1. The number of aromatic hydroxyl groups is 1. The summed E-state index contributed by atoms with van der Waals surface area (Å²) in [5.41, 5.74) is 2.09. The van der Waals surface area contributed by atoms with Crippen LogP contribution in [0.1, 0.15) is 54.9 Å². The van der Waals surface area contributed by atoms with Crippen molar-refractivity contribution >= 4 is 51.5 Å². The van der Waals surface area contributed by atoms with Gasteiger partial charge in [0.05, 0.1) is 35.5 Å². The largest absolute Gasteiger partial charge is 0.507 e. The first-order valence-electron chi connectivity index (χ1n) is 13.0. The van der Waals surface area contributed by atoms with E-state index in [4.69, 9.17) is 10.4 Å². The van der Waals surface area contributed by atoms with Crippen molar-refractivity contribution in [1.82, 2.24) is 24.8 Å². The van der Waals surface area contributed by atoms with Gasteiger partial charge in [-0.1, -0.05) is 0 Å². The van der Waals surface area contributed by atoms with Crippen LogP contribution in [0.15, 0.2) is 46.9 Å². The molecule has 1 amide bonds. The number of phenols is 1. The number of nitrogens with zero attached hydrogens (tertiary/aromatic N) is 6. The summed E-state index contributed by atoms with van der Waals surface area (Å²) in [7, 11) is 0. The van der Waals surface area contributed by atoms with Crippen LogP contribution in [0.3, 0.4) is 0 Å². The zero-order chi connectivity index (χ0) is 29.1. The van der Waals surface area contributed by atoms with Crippen molar-refractivity contribution in [1.29, 1.82) is 5.26 Å². The third-order valence-electron chi connectivity index (χ3n) is 7.24. The molecule has 5 N–H and O–H groups in total. The Balaban J connectivity index is 1.48. The molecule has 0 aliphatic heterocycles. The predicted molar refractivity (Wildman–Crippen MR) is 144 cm³/mol. The number of rotatable bonds is 9. The molecule has 1 aliphatic carbocycles. The topological polar surface area (TPSA) is 219 Å². The lowest BCUT2D eigenvalue weighted by Gasteiger charge is -2.29. The SMILES string of the molecule is N#CCC1CCC(n2c(N=Nc3ccc(O)c(C(=O)N[C@H](CC(=O)O)C(=O)O)c3)nc3cnc4[nH]ccc4c32)CC1. The molecule has 5 rings (SSSR count). The molecule has 0 radical (unpaired) electrons. The molecule has 1 atom stereocenters. The number of nitriles is 1. The fourth-order valence-electron chi connectivity index (χ4n) is 5.21. The number of hydrogen-bond donors (Lipinski definition) is 5. The van der Waals surface area contributed by atoms with Gasteiger partial charge in [-0.25, -0.2) is 14.8 Å². The van der Waals surface area contributed by atoms with Crippen molar-refractivity contribution in [2.75, 3.05) is 0 Å². The van der Waals surface area contributed by atoms with Crippen LogP contribution in [0.5, 0.6) is 5.75 Å². The lowest BCUT2D eigenvalue weighted by molar-refractivity contribution is -0.145. The van der Waals surface area contributed by atoms with Crippen LogP contribution in [0, 0.1) is 17.2 Å². The minimum atomic E-state index is -1.69. The molecule has 1 saturated carbocycles. The van der Waals surface area contributed by atoms with E-state index in [1.807, 2.05) is 10.6 Å². The number of fused-ring (bicyclic) bond motifs is 3. The van der Waals surface area contributed by atoms with Gasteiger partial charge in [0.25, 0.3) is 11.9 Å². The average molecular weight is 559 g/mol. The molecule has 1 aliphatic rings. The van der Waals surface area contributed by atoms with Crippen LogP contribution in [0.2, 0.25) is 0 Å². The summed E-state index contributed by atoms with van der Waals surface area (Å²) in [6, 6.07) is 6.41. The number of aromatic nitrogens is 4. The summed E-state index contributed by atoms with van der Waals surface area (Å²) >= 11 is 0. The quantitative estimate of drug-likeness (QED) is 0.184. The third-order valence-corrected chi connectivity index (χ3v) is 7.24. The summed E-state index contributed by atoms with van der Waals surface area (Å²) in [5.74, 6) is -3.67. The minimum absolute atomic E-state index is 0.0627. The van der Waals surface area contributed by atoms with Gasteiger partial charge in [0.1, 0.15) is 23.0 Å². The van der Waals surface area contributed by atoms with Crippen molar-refractivity contribution in [2.24, 2.45) is 16.1 Å². The second-order valence-electron chi connectivity index (χ2n) is 9.91. The minimum Gasteiger partial charge on any atom is -0.507 e. The van der Waals surface area contributed by atoms with Gasteiger partial charge < -0.3 is 30.2 Å². The van der Waals surface area contributed by atoms with Crippen LogP contribution >= 0.6 is 0 Å². The van der Waals surface area contributed by atoms with Crippen molar-refractivity contribution < 1.29 is 29.7 Å². The second kappa shape index (κ2) is 11.4. The standard InChI is InChI=1S/C27H26N8O6/c28-9-7-14-1-4-16(5-2-14)35-23-17-8-10-29-24(17)30-13-20(23)32-27(35)34-33-15-3-6-21(36)18(11-15)25(39)31-19(26(40)41)12-22(37)38/h3,6,8,10-11,13-14,16,19,36H,1-2,4-5,7,12H2,(H,29,30)(H,31,39)(H,37,38)(H,40,41)/t14?,16?,19-/m1/s1. The lowest BCUT2D eigenvalue weighted by Crippen LogP contribution is -2.42. The summed E-state index contributed by atoms with van der Waals surface area (Å²) in [6.07, 6.45) is 6.60. The number of pyridine rings is 1. The van der Waals surface area contributed by atoms with E-state index >= 15 is 0 Å². The Morgan fingerprint density at radius 2 is 1.95 bits per heavy atom. The molecule has 1 aromatic carbocycles. The number of carboxylic acid groups (broad SMARTS) is 2. The maximum atomic E-state index is 12.7. The van der Waals surface area contributed by atoms with E-state index in [1.54, 1.807) is 12.4 Å². The number of benzene rings is 1. The van der Waals surface area contributed by atoms with Gasteiger partial charge in [-0.2, -0.15) is 5.26 Å². The molecule has 4 aromatic rings. The van der Waals surface area contributed by atoms with Gasteiger partial charge in [0, 0.05) is 24.0 Å². The number of nitrogens with one attached hydrogen (secondary N) is 2. The van der Waals surface area contributed by atoms with Gasteiger partial charge in [-0.3, -0.25) is 9.59 Å². The maximum absolute atomic E-state index is 12.7. The highest BCUT2D eigenvalue weighted by Gasteiger charge is 2.28. The van der Waals surface area contributed by atoms with Crippen LogP contribution in [0.4, 0.5) is 11.6 Å².